The van der Waals surface area contributed by atoms with Crippen molar-refractivity contribution >= 4 is 29.0 Å². The summed E-state index contributed by atoms with van der Waals surface area (Å²) in [5.74, 6) is 0.0832. The van der Waals surface area contributed by atoms with Gasteiger partial charge in [-0.1, -0.05) is 23.2 Å². The van der Waals surface area contributed by atoms with Crippen LogP contribution in [0.2, 0.25) is 10.0 Å². The van der Waals surface area contributed by atoms with E-state index in [0.717, 1.165) is 25.9 Å². The van der Waals surface area contributed by atoms with Gasteiger partial charge in [-0.2, -0.15) is 0 Å². The van der Waals surface area contributed by atoms with Gasteiger partial charge in [-0.3, -0.25) is 9.69 Å². The third kappa shape index (κ3) is 2.95. The predicted molar refractivity (Wildman–Crippen MR) is 75.1 cm³/mol. The van der Waals surface area contributed by atoms with E-state index in [9.17, 15) is 4.79 Å². The van der Waals surface area contributed by atoms with Crippen molar-refractivity contribution in [1.82, 2.24) is 4.90 Å². The van der Waals surface area contributed by atoms with Crippen molar-refractivity contribution < 1.29 is 9.53 Å². The number of Topliss-reactive ketones (excluding diaryl/α,β-unsaturated/α-hetero) is 1. The number of morpholine rings is 1. The molecule has 102 valence electrons. The van der Waals surface area contributed by atoms with Gasteiger partial charge in [0, 0.05) is 18.7 Å². The van der Waals surface area contributed by atoms with E-state index >= 15 is 0 Å². The maximum absolute atomic E-state index is 12.2. The molecule has 2 unspecified atom stereocenters. The molecule has 5 heteroatoms. The lowest BCUT2D eigenvalue weighted by atomic mass is 10.1. The highest BCUT2D eigenvalue weighted by Gasteiger charge is 2.34. The topological polar surface area (TPSA) is 29.5 Å². The number of hydrogen-bond donors (Lipinski definition) is 0. The normalized spacial score (nSPS) is 26.6. The fourth-order valence-corrected chi connectivity index (χ4v) is 3.09. The molecular weight excluding hydrogens is 285 g/mol. The Morgan fingerprint density at radius 1 is 1.21 bits per heavy atom. The molecule has 1 aromatic rings. The molecule has 2 atom stereocenters. The highest BCUT2D eigenvalue weighted by atomic mass is 35.5. The lowest BCUT2D eigenvalue weighted by Crippen LogP contribution is -2.44. The minimum absolute atomic E-state index is 0.0832. The van der Waals surface area contributed by atoms with Crippen molar-refractivity contribution in [1.29, 1.82) is 0 Å². The first kappa shape index (κ1) is 13.4. The second kappa shape index (κ2) is 5.41. The minimum atomic E-state index is 0.0832. The van der Waals surface area contributed by atoms with Crippen LogP contribution < -0.4 is 0 Å². The van der Waals surface area contributed by atoms with Gasteiger partial charge >= 0.3 is 0 Å². The van der Waals surface area contributed by atoms with Gasteiger partial charge < -0.3 is 4.74 Å². The highest BCUT2D eigenvalue weighted by molar-refractivity contribution is 6.42. The van der Waals surface area contributed by atoms with Crippen LogP contribution in [0.3, 0.4) is 0 Å². The van der Waals surface area contributed by atoms with Gasteiger partial charge in [0.15, 0.2) is 5.78 Å². The van der Waals surface area contributed by atoms with Crippen LogP contribution in [0, 0.1) is 0 Å². The lowest BCUT2D eigenvalue weighted by molar-refractivity contribution is -0.0355. The van der Waals surface area contributed by atoms with Crippen LogP contribution in [0.25, 0.3) is 0 Å². The summed E-state index contributed by atoms with van der Waals surface area (Å²) in [6.07, 6.45) is 2.84. The molecule has 2 heterocycles. The Kier molecular flexibility index (Phi) is 3.81. The number of ketones is 1. The van der Waals surface area contributed by atoms with Gasteiger partial charge in [0.05, 0.1) is 28.8 Å². The van der Waals surface area contributed by atoms with Gasteiger partial charge in [-0.15, -0.1) is 0 Å². The number of benzene rings is 1. The quantitative estimate of drug-likeness (QED) is 0.804. The molecule has 3 rings (SSSR count). The Morgan fingerprint density at radius 3 is 2.53 bits per heavy atom. The number of carbonyl (C=O) groups is 1. The van der Waals surface area contributed by atoms with E-state index in [-0.39, 0.29) is 5.78 Å². The lowest BCUT2D eigenvalue weighted by Gasteiger charge is -2.31. The van der Waals surface area contributed by atoms with E-state index in [0.29, 0.717) is 34.4 Å². The monoisotopic (exact) mass is 299 g/mol. The van der Waals surface area contributed by atoms with E-state index in [1.807, 2.05) is 0 Å². The zero-order chi connectivity index (χ0) is 13.4. The molecule has 3 nitrogen and oxygen atoms in total. The standard InChI is InChI=1S/C14H15Cl2NO2/c15-12-4-1-9(5-13(12)16)14(18)8-17-6-10-2-3-11(7-17)19-10/h1,4-5,10-11H,2-3,6-8H2. The van der Waals surface area contributed by atoms with Gasteiger partial charge in [0.2, 0.25) is 0 Å². The maximum Gasteiger partial charge on any atom is 0.176 e. The third-order valence-electron chi connectivity index (χ3n) is 3.73. The van der Waals surface area contributed by atoms with Crippen molar-refractivity contribution in [3.8, 4) is 0 Å². The molecule has 0 amide bonds. The molecule has 0 aromatic heterocycles. The zero-order valence-electron chi connectivity index (χ0n) is 10.4. The molecule has 2 bridgehead atoms. The van der Waals surface area contributed by atoms with Gasteiger partial charge in [0.25, 0.3) is 0 Å². The summed E-state index contributed by atoms with van der Waals surface area (Å²) in [6.45, 7) is 2.13. The van der Waals surface area contributed by atoms with E-state index in [1.165, 1.54) is 0 Å². The van der Waals surface area contributed by atoms with Crippen LogP contribution in [-0.4, -0.2) is 42.5 Å². The minimum Gasteiger partial charge on any atom is -0.372 e. The number of fused-ring (bicyclic) bond motifs is 2. The Bertz CT molecular complexity index is 494. The molecule has 1 aromatic carbocycles. The van der Waals surface area contributed by atoms with Gasteiger partial charge in [-0.25, -0.2) is 0 Å². The highest BCUT2D eigenvalue weighted by Crippen LogP contribution is 2.27. The van der Waals surface area contributed by atoms with Crippen molar-refractivity contribution in [2.75, 3.05) is 19.6 Å². The molecule has 0 spiro atoms. The Morgan fingerprint density at radius 2 is 1.89 bits per heavy atom. The molecule has 0 radical (unpaired) electrons. The summed E-state index contributed by atoms with van der Waals surface area (Å²) in [4.78, 5) is 14.4. The molecule has 0 N–H and O–H groups in total. The number of hydrogen-bond acceptors (Lipinski definition) is 3. The second-order valence-electron chi connectivity index (χ2n) is 5.20. The van der Waals surface area contributed by atoms with Crippen LogP contribution in [-0.2, 0) is 4.74 Å². The Hall–Kier alpha value is -0.610. The van der Waals surface area contributed by atoms with Crippen molar-refractivity contribution in [3.05, 3.63) is 33.8 Å². The third-order valence-corrected chi connectivity index (χ3v) is 4.47. The summed E-state index contributed by atoms with van der Waals surface area (Å²) < 4.78 is 5.76. The SMILES string of the molecule is O=C(CN1CC2CCC(C1)O2)c1ccc(Cl)c(Cl)c1. The van der Waals surface area contributed by atoms with Crippen LogP contribution in [0.15, 0.2) is 18.2 Å². The predicted octanol–water partition coefficient (Wildman–Crippen LogP) is 3.04. The van der Waals surface area contributed by atoms with E-state index in [1.54, 1.807) is 18.2 Å². The number of likely N-dealkylation sites (tertiary alicyclic amines) is 1. The van der Waals surface area contributed by atoms with Crippen LogP contribution in [0.5, 0.6) is 0 Å². The first-order valence-electron chi connectivity index (χ1n) is 6.48. The Labute approximate surface area is 122 Å². The van der Waals surface area contributed by atoms with Crippen LogP contribution in [0.4, 0.5) is 0 Å². The first-order chi connectivity index (χ1) is 9.11. The number of nitrogens with zero attached hydrogens (tertiary/aromatic N) is 1. The van der Waals surface area contributed by atoms with Gasteiger partial charge in [-0.05, 0) is 31.0 Å². The fourth-order valence-electron chi connectivity index (χ4n) is 2.79. The van der Waals surface area contributed by atoms with Gasteiger partial charge in [0.1, 0.15) is 0 Å². The number of ether oxygens (including phenoxy) is 1. The van der Waals surface area contributed by atoms with Crippen LogP contribution >= 0.6 is 23.2 Å². The number of halogens is 2. The number of rotatable bonds is 3. The summed E-state index contributed by atoms with van der Waals surface area (Å²) in [7, 11) is 0. The molecule has 0 aliphatic carbocycles. The summed E-state index contributed by atoms with van der Waals surface area (Å²) in [5, 5.41) is 0.900. The summed E-state index contributed by atoms with van der Waals surface area (Å²) >= 11 is 11.8. The first-order valence-corrected chi connectivity index (χ1v) is 7.23. The maximum atomic E-state index is 12.2. The van der Waals surface area contributed by atoms with Crippen LogP contribution in [0.1, 0.15) is 23.2 Å². The smallest absolute Gasteiger partial charge is 0.176 e. The molecule has 2 fully saturated rings. The largest absolute Gasteiger partial charge is 0.372 e. The van der Waals surface area contributed by atoms with E-state index in [2.05, 4.69) is 4.90 Å². The van der Waals surface area contributed by atoms with Crippen molar-refractivity contribution in [2.45, 2.75) is 25.0 Å². The van der Waals surface area contributed by atoms with Crippen molar-refractivity contribution in [3.63, 3.8) is 0 Å². The average Bonchev–Trinajstić information content (AvgIpc) is 2.72. The molecular formula is C14H15Cl2NO2. The molecule has 2 aliphatic rings. The number of carbonyl (C=O) groups excluding carboxylic acids is 1. The molecule has 2 saturated heterocycles. The fraction of sp³-hybridized carbons (Fsp3) is 0.500. The van der Waals surface area contributed by atoms with Crippen molar-refractivity contribution in [2.24, 2.45) is 0 Å². The molecule has 19 heavy (non-hydrogen) atoms. The van der Waals surface area contributed by atoms with E-state index < -0.39 is 0 Å². The zero-order valence-corrected chi connectivity index (χ0v) is 12.0. The Balaban J connectivity index is 1.66. The van der Waals surface area contributed by atoms with E-state index in [4.69, 9.17) is 27.9 Å². The average molecular weight is 300 g/mol. The molecule has 2 aliphatic heterocycles. The second-order valence-corrected chi connectivity index (χ2v) is 6.02. The summed E-state index contributed by atoms with van der Waals surface area (Å²) in [6, 6.07) is 5.03. The summed E-state index contributed by atoms with van der Waals surface area (Å²) in [5.41, 5.74) is 0.619. The molecule has 0 saturated carbocycles.